The van der Waals surface area contributed by atoms with Gasteiger partial charge in [-0.25, -0.2) is 4.79 Å². The minimum atomic E-state index is -0.958. The molecule has 2 aliphatic rings. The van der Waals surface area contributed by atoms with Crippen molar-refractivity contribution in [3.63, 3.8) is 0 Å². The van der Waals surface area contributed by atoms with Crippen LogP contribution >= 0.6 is 0 Å². The van der Waals surface area contributed by atoms with Crippen LogP contribution in [0.25, 0.3) is 0 Å². The monoisotopic (exact) mass is 279 g/mol. The normalized spacial score (nSPS) is 23.9. The summed E-state index contributed by atoms with van der Waals surface area (Å²) in [7, 11) is 0. The molecule has 6 heteroatoms. The van der Waals surface area contributed by atoms with E-state index in [9.17, 15) is 9.90 Å². The molecule has 2 N–H and O–H groups in total. The van der Waals surface area contributed by atoms with Gasteiger partial charge >= 0.3 is 5.97 Å². The molecule has 110 valence electrons. The second kappa shape index (κ2) is 5.83. The number of nitrogens with one attached hydrogen (secondary N) is 1. The second-order valence-corrected chi connectivity index (χ2v) is 5.63. The summed E-state index contributed by atoms with van der Waals surface area (Å²) in [5, 5.41) is 17.0. The molecule has 2 heterocycles. The van der Waals surface area contributed by atoms with Crippen LogP contribution in [0.15, 0.2) is 6.20 Å². The first-order valence-electron chi connectivity index (χ1n) is 7.44. The van der Waals surface area contributed by atoms with Gasteiger partial charge in [0, 0.05) is 6.54 Å². The van der Waals surface area contributed by atoms with Gasteiger partial charge in [0.15, 0.2) is 11.4 Å². The van der Waals surface area contributed by atoms with Gasteiger partial charge in [-0.1, -0.05) is 6.42 Å². The average molecular weight is 279 g/mol. The molecule has 6 nitrogen and oxygen atoms in total. The first kappa shape index (κ1) is 13.4. The van der Waals surface area contributed by atoms with Crippen molar-refractivity contribution in [1.29, 1.82) is 0 Å². The number of hydrogen-bond donors (Lipinski definition) is 2. The number of aromatic carboxylic acids is 1. The molecule has 1 saturated carbocycles. The SMILES string of the molecule is O=C(O)c1c(OC2CCCCC2)cnn1C1CCNC1. The number of nitrogens with zero attached hydrogens (tertiary/aromatic N) is 2. The molecule has 1 aromatic rings. The number of hydrogen-bond acceptors (Lipinski definition) is 4. The Bertz CT molecular complexity index is 474. The predicted octanol–water partition coefficient (Wildman–Crippen LogP) is 1.83. The van der Waals surface area contributed by atoms with Gasteiger partial charge in [0.1, 0.15) is 0 Å². The van der Waals surface area contributed by atoms with Crippen molar-refractivity contribution in [2.24, 2.45) is 0 Å². The zero-order chi connectivity index (χ0) is 13.9. The topological polar surface area (TPSA) is 76.4 Å². The molecule has 0 aromatic carbocycles. The highest BCUT2D eigenvalue weighted by atomic mass is 16.5. The number of rotatable bonds is 4. The number of carboxylic acid groups (broad SMARTS) is 1. The maximum absolute atomic E-state index is 11.5. The van der Waals surface area contributed by atoms with Gasteiger partial charge < -0.3 is 15.2 Å². The molecule has 3 rings (SSSR count). The van der Waals surface area contributed by atoms with E-state index in [0.29, 0.717) is 5.75 Å². The lowest BCUT2D eigenvalue weighted by Gasteiger charge is -2.22. The Balaban J connectivity index is 1.80. The van der Waals surface area contributed by atoms with E-state index in [2.05, 4.69) is 10.4 Å². The van der Waals surface area contributed by atoms with Crippen LogP contribution in [0.3, 0.4) is 0 Å². The largest absolute Gasteiger partial charge is 0.486 e. The van der Waals surface area contributed by atoms with Crippen LogP contribution in [0.2, 0.25) is 0 Å². The van der Waals surface area contributed by atoms with Crippen molar-refractivity contribution in [3.8, 4) is 5.75 Å². The van der Waals surface area contributed by atoms with Gasteiger partial charge in [-0.15, -0.1) is 0 Å². The van der Waals surface area contributed by atoms with E-state index in [-0.39, 0.29) is 17.8 Å². The van der Waals surface area contributed by atoms with E-state index in [1.54, 1.807) is 10.9 Å². The molecule has 1 unspecified atom stereocenters. The van der Waals surface area contributed by atoms with E-state index in [1.165, 1.54) is 6.42 Å². The zero-order valence-electron chi connectivity index (χ0n) is 11.5. The minimum Gasteiger partial charge on any atom is -0.486 e. The highest BCUT2D eigenvalue weighted by Gasteiger charge is 2.28. The predicted molar refractivity (Wildman–Crippen MR) is 73.2 cm³/mol. The average Bonchev–Trinajstić information content (AvgIpc) is 3.08. The highest BCUT2D eigenvalue weighted by Crippen LogP contribution is 2.28. The van der Waals surface area contributed by atoms with Crippen molar-refractivity contribution >= 4 is 5.97 Å². The molecule has 0 spiro atoms. The summed E-state index contributed by atoms with van der Waals surface area (Å²) >= 11 is 0. The Hall–Kier alpha value is -1.56. The van der Waals surface area contributed by atoms with Crippen LogP contribution in [0.5, 0.6) is 5.75 Å². The van der Waals surface area contributed by atoms with Crippen molar-refractivity contribution in [2.75, 3.05) is 13.1 Å². The third-order valence-electron chi connectivity index (χ3n) is 4.19. The van der Waals surface area contributed by atoms with Crippen molar-refractivity contribution in [1.82, 2.24) is 15.1 Å². The standard InChI is InChI=1S/C14H21N3O3/c18-14(19)13-12(20-11-4-2-1-3-5-11)9-16-17(13)10-6-7-15-8-10/h9-11,15H,1-8H2,(H,18,19). The number of carboxylic acids is 1. The van der Waals surface area contributed by atoms with Crippen LogP contribution in [-0.2, 0) is 0 Å². The van der Waals surface area contributed by atoms with Crippen LogP contribution in [0.1, 0.15) is 55.1 Å². The van der Waals surface area contributed by atoms with Gasteiger partial charge in [0.2, 0.25) is 0 Å². The summed E-state index contributed by atoms with van der Waals surface area (Å²) in [6, 6.07) is 0.116. The van der Waals surface area contributed by atoms with Crippen LogP contribution in [-0.4, -0.2) is 40.0 Å². The summed E-state index contributed by atoms with van der Waals surface area (Å²) < 4.78 is 7.52. The molecular weight excluding hydrogens is 258 g/mol. The van der Waals surface area contributed by atoms with E-state index in [0.717, 1.165) is 45.2 Å². The zero-order valence-corrected chi connectivity index (χ0v) is 11.5. The Morgan fingerprint density at radius 2 is 2.15 bits per heavy atom. The van der Waals surface area contributed by atoms with Crippen LogP contribution < -0.4 is 10.1 Å². The number of aromatic nitrogens is 2. The highest BCUT2D eigenvalue weighted by molar-refractivity contribution is 5.88. The summed E-state index contributed by atoms with van der Waals surface area (Å²) in [5.41, 5.74) is 0.198. The molecule has 1 saturated heterocycles. The second-order valence-electron chi connectivity index (χ2n) is 5.63. The summed E-state index contributed by atoms with van der Waals surface area (Å²) in [4.78, 5) is 11.5. The maximum Gasteiger partial charge on any atom is 0.358 e. The summed E-state index contributed by atoms with van der Waals surface area (Å²) in [6.07, 6.45) is 8.20. The van der Waals surface area contributed by atoms with Crippen LogP contribution in [0.4, 0.5) is 0 Å². The number of carbonyl (C=O) groups is 1. The van der Waals surface area contributed by atoms with E-state index in [4.69, 9.17) is 4.74 Å². The molecule has 20 heavy (non-hydrogen) atoms. The van der Waals surface area contributed by atoms with Gasteiger partial charge in [0.05, 0.1) is 18.3 Å². The first-order chi connectivity index (χ1) is 9.75. The van der Waals surface area contributed by atoms with E-state index in [1.807, 2.05) is 0 Å². The Morgan fingerprint density at radius 1 is 1.35 bits per heavy atom. The fraction of sp³-hybridized carbons (Fsp3) is 0.714. The van der Waals surface area contributed by atoms with Gasteiger partial charge in [-0.3, -0.25) is 4.68 Å². The van der Waals surface area contributed by atoms with Gasteiger partial charge in [-0.05, 0) is 38.6 Å². The maximum atomic E-state index is 11.5. The lowest BCUT2D eigenvalue weighted by atomic mass is 9.98. The van der Waals surface area contributed by atoms with Gasteiger partial charge in [-0.2, -0.15) is 5.10 Å². The minimum absolute atomic E-state index is 0.116. The Kier molecular flexibility index (Phi) is 3.91. The van der Waals surface area contributed by atoms with Gasteiger partial charge in [0.25, 0.3) is 0 Å². The van der Waals surface area contributed by atoms with Crippen molar-refractivity contribution in [2.45, 2.75) is 50.7 Å². The smallest absolute Gasteiger partial charge is 0.358 e. The van der Waals surface area contributed by atoms with Crippen molar-refractivity contribution in [3.05, 3.63) is 11.9 Å². The summed E-state index contributed by atoms with van der Waals surface area (Å²) in [5.74, 6) is -0.531. The molecule has 1 atom stereocenters. The molecular formula is C14H21N3O3. The molecule has 0 radical (unpaired) electrons. The van der Waals surface area contributed by atoms with E-state index >= 15 is 0 Å². The third kappa shape index (κ3) is 2.65. The first-order valence-corrected chi connectivity index (χ1v) is 7.44. The quantitative estimate of drug-likeness (QED) is 0.879. The lowest BCUT2D eigenvalue weighted by molar-refractivity contribution is 0.0669. The van der Waals surface area contributed by atoms with Crippen molar-refractivity contribution < 1.29 is 14.6 Å². The molecule has 2 fully saturated rings. The number of ether oxygens (including phenoxy) is 1. The molecule has 1 aliphatic heterocycles. The van der Waals surface area contributed by atoms with Crippen LogP contribution in [0, 0.1) is 0 Å². The fourth-order valence-electron chi connectivity index (χ4n) is 3.12. The fourth-order valence-corrected chi connectivity index (χ4v) is 3.12. The molecule has 1 aliphatic carbocycles. The Morgan fingerprint density at radius 3 is 2.80 bits per heavy atom. The third-order valence-corrected chi connectivity index (χ3v) is 4.19. The lowest BCUT2D eigenvalue weighted by Crippen LogP contribution is -2.22. The van der Waals surface area contributed by atoms with E-state index < -0.39 is 5.97 Å². The Labute approximate surface area is 118 Å². The molecule has 1 aromatic heterocycles. The molecule has 0 bridgehead atoms. The molecule has 0 amide bonds. The summed E-state index contributed by atoms with van der Waals surface area (Å²) in [6.45, 7) is 1.67.